The molecule has 2 aromatic carbocycles. The van der Waals surface area contributed by atoms with Crippen LogP contribution in [0.25, 0.3) is 32.1 Å². The van der Waals surface area contributed by atoms with Crippen LogP contribution in [0.4, 0.5) is 30.8 Å². The lowest BCUT2D eigenvalue weighted by molar-refractivity contribution is 0.262. The van der Waals surface area contributed by atoms with Crippen LogP contribution >= 0.6 is 11.3 Å². The summed E-state index contributed by atoms with van der Waals surface area (Å²) in [6.07, 6.45) is 1.58. The second-order valence-corrected chi connectivity index (χ2v) is 8.93. The molecule has 3 heterocycles. The number of carbonyl (C=O) groups is 1. The van der Waals surface area contributed by atoms with Crippen LogP contribution in [0.2, 0.25) is 0 Å². The molecule has 0 aliphatic carbocycles. The number of nitrogens with one attached hydrogen (secondary N) is 3. The summed E-state index contributed by atoms with van der Waals surface area (Å²) in [6.45, 7) is 2.14. The first-order valence-corrected chi connectivity index (χ1v) is 12.0. The minimum Gasteiger partial charge on any atom is -0.373 e. The minimum absolute atomic E-state index is 0.0353. The molecule has 0 saturated heterocycles. The van der Waals surface area contributed by atoms with Crippen LogP contribution in [0.1, 0.15) is 6.92 Å². The van der Waals surface area contributed by atoms with E-state index < -0.39 is 23.2 Å². The largest absolute Gasteiger partial charge is 0.373 e. The highest BCUT2D eigenvalue weighted by atomic mass is 32.1. The van der Waals surface area contributed by atoms with Gasteiger partial charge in [0.15, 0.2) is 0 Å². The summed E-state index contributed by atoms with van der Waals surface area (Å²) in [6, 6.07) is 11.9. The fourth-order valence-corrected chi connectivity index (χ4v) is 5.01. The van der Waals surface area contributed by atoms with E-state index in [9.17, 15) is 18.4 Å². The van der Waals surface area contributed by atoms with Crippen molar-refractivity contribution in [1.82, 2.24) is 9.55 Å². The van der Waals surface area contributed by atoms with Crippen molar-refractivity contribution < 1.29 is 13.6 Å². The number of benzene rings is 2. The number of aromatic nitrogens is 2. The number of pyridine rings is 2. The van der Waals surface area contributed by atoms with E-state index in [0.717, 1.165) is 16.2 Å². The molecule has 0 radical (unpaired) electrons. The van der Waals surface area contributed by atoms with Gasteiger partial charge in [-0.3, -0.25) is 4.79 Å². The van der Waals surface area contributed by atoms with Crippen LogP contribution in [-0.4, -0.2) is 22.6 Å². The highest BCUT2D eigenvalue weighted by Crippen LogP contribution is 2.31. The second kappa shape index (κ2) is 9.38. The third kappa shape index (κ3) is 4.16. The van der Waals surface area contributed by atoms with E-state index in [2.05, 4.69) is 20.9 Å². The first kappa shape index (κ1) is 23.4. The fourth-order valence-electron chi connectivity index (χ4n) is 4.12. The summed E-state index contributed by atoms with van der Waals surface area (Å²) in [5.41, 5.74) is 0.421. The maximum Gasteiger partial charge on any atom is 0.323 e. The summed E-state index contributed by atoms with van der Waals surface area (Å²) in [7, 11) is 1.72. The molecule has 5 aromatic rings. The van der Waals surface area contributed by atoms with Gasteiger partial charge < -0.3 is 20.5 Å². The fraction of sp³-hybridized carbons (Fsp3) is 0.115. The molecule has 7 nitrogen and oxygen atoms in total. The Kier molecular flexibility index (Phi) is 6.11. The number of amides is 2. The van der Waals surface area contributed by atoms with Crippen molar-refractivity contribution in [1.29, 1.82) is 0 Å². The highest BCUT2D eigenvalue weighted by Gasteiger charge is 2.19. The molecule has 3 N–H and O–H groups in total. The first-order chi connectivity index (χ1) is 17.4. The number of rotatable bonds is 5. The number of fused-ring (bicyclic) bond motifs is 2. The molecule has 0 spiro atoms. The normalized spacial score (nSPS) is 11.1. The predicted molar refractivity (Wildman–Crippen MR) is 141 cm³/mol. The van der Waals surface area contributed by atoms with Gasteiger partial charge in [-0.05, 0) is 25.1 Å². The van der Waals surface area contributed by atoms with E-state index in [-0.39, 0.29) is 16.8 Å². The van der Waals surface area contributed by atoms with Gasteiger partial charge in [0, 0.05) is 58.3 Å². The van der Waals surface area contributed by atoms with Crippen LogP contribution in [0.3, 0.4) is 0 Å². The Hall–Kier alpha value is -4.31. The van der Waals surface area contributed by atoms with Gasteiger partial charge in [0.2, 0.25) is 0 Å². The number of hydrogen-bond donors (Lipinski definition) is 3. The van der Waals surface area contributed by atoms with Crippen molar-refractivity contribution in [2.24, 2.45) is 0 Å². The number of hydrogen-bond acceptors (Lipinski definition) is 5. The summed E-state index contributed by atoms with van der Waals surface area (Å²) in [5, 5.41) is 11.3. The maximum atomic E-state index is 14.9. The van der Waals surface area contributed by atoms with Crippen molar-refractivity contribution >= 4 is 55.5 Å². The number of thiophene rings is 1. The van der Waals surface area contributed by atoms with E-state index >= 15 is 0 Å². The molecular weight excluding hydrogens is 484 g/mol. The molecule has 0 aliphatic heterocycles. The van der Waals surface area contributed by atoms with Crippen LogP contribution in [0.5, 0.6) is 0 Å². The molecule has 10 heteroatoms. The quantitative estimate of drug-likeness (QED) is 0.263. The summed E-state index contributed by atoms with van der Waals surface area (Å²) in [4.78, 5) is 30.2. The molecule has 182 valence electrons. The summed E-state index contributed by atoms with van der Waals surface area (Å²) >= 11 is 1.46. The lowest BCUT2D eigenvalue weighted by atomic mass is 10.0. The lowest BCUT2D eigenvalue weighted by Gasteiger charge is -2.14. The van der Waals surface area contributed by atoms with Gasteiger partial charge in [0.05, 0.1) is 22.5 Å². The molecule has 0 atom stereocenters. The standard InChI is InChI=1S/C26H21F2N5O2S/c1-3-33-22-11-24(29-2)30-12-14(22)8-17(25(33)34)16-9-20(19(28)10-18(16)27)31-26(35)32-21-13-36-23-7-5-4-6-15(21)23/h4-13H,3H2,1-2H3,(H,29,30)(H2,31,32,35). The highest BCUT2D eigenvalue weighted by molar-refractivity contribution is 7.17. The first-order valence-electron chi connectivity index (χ1n) is 11.1. The van der Waals surface area contributed by atoms with Gasteiger partial charge in [0.25, 0.3) is 5.56 Å². The SMILES string of the molecule is CCn1c(=O)c(-c2cc(NC(=O)Nc3csc4ccccc34)c(F)cc2F)cc2cnc(NC)cc21. The average Bonchev–Trinajstić information content (AvgIpc) is 3.28. The van der Waals surface area contributed by atoms with Gasteiger partial charge in [-0.1, -0.05) is 18.2 Å². The zero-order chi connectivity index (χ0) is 25.4. The Bertz CT molecular complexity index is 1700. The molecule has 5 rings (SSSR count). The second-order valence-electron chi connectivity index (χ2n) is 8.02. The van der Waals surface area contributed by atoms with Gasteiger partial charge in [-0.15, -0.1) is 11.3 Å². The monoisotopic (exact) mass is 505 g/mol. The molecule has 2 amide bonds. The Labute approximate surface area is 208 Å². The van der Waals surface area contributed by atoms with Crippen molar-refractivity contribution in [3.05, 3.63) is 82.1 Å². The zero-order valence-electron chi connectivity index (χ0n) is 19.4. The predicted octanol–water partition coefficient (Wildman–Crippen LogP) is 6.26. The Balaban J connectivity index is 1.53. The lowest BCUT2D eigenvalue weighted by Crippen LogP contribution is -2.22. The van der Waals surface area contributed by atoms with Gasteiger partial charge >= 0.3 is 6.03 Å². The molecule has 0 aliphatic rings. The number of carbonyl (C=O) groups excluding carboxylic acids is 1. The van der Waals surface area contributed by atoms with Crippen molar-refractivity contribution in [2.45, 2.75) is 13.5 Å². The minimum atomic E-state index is -0.960. The smallest absolute Gasteiger partial charge is 0.323 e. The third-order valence-corrected chi connectivity index (χ3v) is 6.84. The molecule has 0 fully saturated rings. The molecule has 3 aromatic heterocycles. The van der Waals surface area contributed by atoms with E-state index in [0.29, 0.717) is 35.0 Å². The molecule has 0 bridgehead atoms. The van der Waals surface area contributed by atoms with E-state index in [1.165, 1.54) is 22.0 Å². The third-order valence-electron chi connectivity index (χ3n) is 5.87. The topological polar surface area (TPSA) is 88.1 Å². The Morgan fingerprint density at radius 3 is 2.58 bits per heavy atom. The van der Waals surface area contributed by atoms with E-state index in [1.807, 2.05) is 24.3 Å². The summed E-state index contributed by atoms with van der Waals surface area (Å²) in [5.74, 6) is -1.29. The van der Waals surface area contributed by atoms with Crippen LogP contribution in [0, 0.1) is 11.6 Å². The zero-order valence-corrected chi connectivity index (χ0v) is 20.2. The van der Waals surface area contributed by atoms with Crippen molar-refractivity contribution in [3.63, 3.8) is 0 Å². The summed E-state index contributed by atoms with van der Waals surface area (Å²) < 4.78 is 32.1. The number of urea groups is 1. The van der Waals surface area contributed by atoms with Crippen LogP contribution in [0.15, 0.2) is 64.9 Å². The average molecular weight is 506 g/mol. The molecular formula is C26H21F2N5O2S. The van der Waals surface area contributed by atoms with E-state index in [4.69, 9.17) is 0 Å². The van der Waals surface area contributed by atoms with Crippen molar-refractivity contribution in [3.8, 4) is 11.1 Å². The number of halogens is 2. The van der Waals surface area contributed by atoms with Gasteiger partial charge in [0.1, 0.15) is 17.5 Å². The number of nitrogens with zero attached hydrogens (tertiary/aromatic N) is 2. The maximum absolute atomic E-state index is 14.9. The molecule has 36 heavy (non-hydrogen) atoms. The van der Waals surface area contributed by atoms with Gasteiger partial charge in [-0.2, -0.15) is 0 Å². The van der Waals surface area contributed by atoms with E-state index in [1.54, 1.807) is 31.6 Å². The molecule has 0 unspecified atom stereocenters. The van der Waals surface area contributed by atoms with Gasteiger partial charge in [-0.25, -0.2) is 18.6 Å². The van der Waals surface area contributed by atoms with Crippen molar-refractivity contribution in [2.75, 3.05) is 23.0 Å². The Morgan fingerprint density at radius 2 is 1.81 bits per heavy atom. The molecule has 0 saturated carbocycles. The number of anilines is 3. The van der Waals surface area contributed by atoms with Crippen LogP contribution in [-0.2, 0) is 6.54 Å². The van der Waals surface area contributed by atoms with Crippen LogP contribution < -0.4 is 21.5 Å². The number of aryl methyl sites for hydroxylation is 1. The Morgan fingerprint density at radius 1 is 1.03 bits per heavy atom.